The van der Waals surface area contributed by atoms with Crippen LogP contribution in [0.1, 0.15) is 34.3 Å². The highest BCUT2D eigenvalue weighted by Gasteiger charge is 2.18. The van der Waals surface area contributed by atoms with Crippen LogP contribution in [0.4, 0.5) is 0 Å². The number of nitrogens with zero attached hydrogens (tertiary/aromatic N) is 3. The Morgan fingerprint density at radius 2 is 1.90 bits per heavy atom. The van der Waals surface area contributed by atoms with Crippen LogP contribution in [0.25, 0.3) is 0 Å². The van der Waals surface area contributed by atoms with E-state index in [4.69, 9.17) is 17.4 Å². The summed E-state index contributed by atoms with van der Waals surface area (Å²) in [6.45, 7) is 5.91. The fourth-order valence-electron chi connectivity index (χ4n) is 2.45. The summed E-state index contributed by atoms with van der Waals surface area (Å²) in [6.07, 6.45) is 0.692. The van der Waals surface area contributed by atoms with Crippen molar-refractivity contribution in [2.75, 3.05) is 0 Å². The normalized spacial score (nSPS) is 12.7. The smallest absolute Gasteiger partial charge is 0.130 e. The number of pyridine rings is 1. The first-order chi connectivity index (χ1) is 9.42. The van der Waals surface area contributed by atoms with Gasteiger partial charge in [-0.1, -0.05) is 11.6 Å². The van der Waals surface area contributed by atoms with Crippen molar-refractivity contribution >= 4 is 11.6 Å². The van der Waals surface area contributed by atoms with Crippen LogP contribution in [0.15, 0.2) is 12.1 Å². The number of hydrogen-bond acceptors (Lipinski definition) is 4. The van der Waals surface area contributed by atoms with Gasteiger partial charge in [-0.25, -0.2) is 0 Å². The largest absolute Gasteiger partial charge is 0.271 e. The zero-order valence-electron chi connectivity index (χ0n) is 12.2. The molecule has 1 unspecified atom stereocenters. The van der Waals surface area contributed by atoms with Crippen molar-refractivity contribution in [3.63, 3.8) is 0 Å². The lowest BCUT2D eigenvalue weighted by Crippen LogP contribution is -2.30. The third kappa shape index (κ3) is 3.00. The molecule has 3 N–H and O–H groups in total. The number of nitrogens with two attached hydrogens (primary N) is 1. The van der Waals surface area contributed by atoms with Crippen molar-refractivity contribution in [3.05, 3.63) is 45.5 Å². The molecule has 2 rings (SSSR count). The van der Waals surface area contributed by atoms with Gasteiger partial charge in [0.15, 0.2) is 0 Å². The van der Waals surface area contributed by atoms with Gasteiger partial charge in [0, 0.05) is 24.0 Å². The quantitative estimate of drug-likeness (QED) is 0.669. The molecule has 0 saturated heterocycles. The summed E-state index contributed by atoms with van der Waals surface area (Å²) in [5, 5.41) is 4.99. The zero-order valence-corrected chi connectivity index (χ0v) is 13.0. The molecule has 0 aliphatic carbocycles. The Hall–Kier alpha value is -1.43. The van der Waals surface area contributed by atoms with Gasteiger partial charge in [0.05, 0.1) is 11.7 Å². The van der Waals surface area contributed by atoms with E-state index in [0.29, 0.717) is 11.6 Å². The van der Waals surface area contributed by atoms with E-state index in [0.717, 1.165) is 28.2 Å². The number of nitrogens with one attached hydrogen (secondary N) is 1. The molecule has 108 valence electrons. The summed E-state index contributed by atoms with van der Waals surface area (Å²) in [4.78, 5) is 4.39. The number of aromatic nitrogens is 3. The van der Waals surface area contributed by atoms with Gasteiger partial charge in [-0.15, -0.1) is 0 Å². The predicted molar refractivity (Wildman–Crippen MR) is 80.4 cm³/mol. The standard InChI is InChI=1S/C14H20ClN5/c1-8-5-11(6-9(2)17-8)13(18-16)7-12-10(3)19-20(4)14(12)15/h5-6,13,18H,7,16H2,1-4H3. The maximum absolute atomic E-state index is 6.28. The van der Waals surface area contributed by atoms with Gasteiger partial charge in [0.25, 0.3) is 0 Å². The van der Waals surface area contributed by atoms with E-state index in [-0.39, 0.29) is 6.04 Å². The summed E-state index contributed by atoms with van der Waals surface area (Å²) in [6, 6.07) is 4.06. The molecule has 0 bridgehead atoms. The lowest BCUT2D eigenvalue weighted by atomic mass is 9.99. The van der Waals surface area contributed by atoms with Gasteiger partial charge in [-0.05, 0) is 44.9 Å². The van der Waals surface area contributed by atoms with Crippen LogP contribution >= 0.6 is 11.6 Å². The molecule has 0 saturated carbocycles. The second kappa shape index (κ2) is 5.91. The SMILES string of the molecule is Cc1cc(C(Cc2c(C)nn(C)c2Cl)NN)cc(C)n1. The molecule has 0 amide bonds. The first kappa shape index (κ1) is 15.0. The maximum Gasteiger partial charge on any atom is 0.130 e. The van der Waals surface area contributed by atoms with Crippen LogP contribution in [0.5, 0.6) is 0 Å². The summed E-state index contributed by atoms with van der Waals surface area (Å²) in [7, 11) is 1.84. The van der Waals surface area contributed by atoms with Crippen molar-refractivity contribution in [2.45, 2.75) is 33.2 Å². The monoisotopic (exact) mass is 293 g/mol. The fourth-order valence-corrected chi connectivity index (χ4v) is 2.70. The molecule has 0 radical (unpaired) electrons. The molecule has 0 aliphatic heterocycles. The zero-order chi connectivity index (χ0) is 14.9. The Labute approximate surface area is 124 Å². The lowest BCUT2D eigenvalue weighted by Gasteiger charge is -2.17. The number of aryl methyl sites for hydroxylation is 4. The average molecular weight is 294 g/mol. The predicted octanol–water partition coefficient (Wildman–Crippen LogP) is 2.14. The van der Waals surface area contributed by atoms with Gasteiger partial charge in [-0.3, -0.25) is 20.9 Å². The molecule has 6 heteroatoms. The minimum absolute atomic E-state index is 0.0178. The molecule has 2 heterocycles. The van der Waals surface area contributed by atoms with Gasteiger partial charge in [0.2, 0.25) is 0 Å². The summed E-state index contributed by atoms with van der Waals surface area (Å²) >= 11 is 6.28. The van der Waals surface area contributed by atoms with E-state index in [1.165, 1.54) is 0 Å². The van der Waals surface area contributed by atoms with Crippen LogP contribution in [0.3, 0.4) is 0 Å². The van der Waals surface area contributed by atoms with Crippen LogP contribution in [0, 0.1) is 20.8 Å². The van der Waals surface area contributed by atoms with Crippen molar-refractivity contribution in [3.8, 4) is 0 Å². The molecular formula is C14H20ClN5. The van der Waals surface area contributed by atoms with Crippen molar-refractivity contribution in [1.29, 1.82) is 0 Å². The Morgan fingerprint density at radius 1 is 1.30 bits per heavy atom. The van der Waals surface area contributed by atoms with Crippen molar-refractivity contribution in [2.24, 2.45) is 12.9 Å². The van der Waals surface area contributed by atoms with Crippen LogP contribution in [0.2, 0.25) is 5.15 Å². The Morgan fingerprint density at radius 3 is 2.35 bits per heavy atom. The molecule has 20 heavy (non-hydrogen) atoms. The Balaban J connectivity index is 2.33. The Bertz CT molecular complexity index is 600. The highest BCUT2D eigenvalue weighted by molar-refractivity contribution is 6.30. The molecule has 2 aromatic rings. The molecule has 0 fully saturated rings. The van der Waals surface area contributed by atoms with Gasteiger partial charge < -0.3 is 0 Å². The number of hydrazine groups is 1. The van der Waals surface area contributed by atoms with E-state index < -0.39 is 0 Å². The van der Waals surface area contributed by atoms with E-state index in [1.54, 1.807) is 4.68 Å². The van der Waals surface area contributed by atoms with Gasteiger partial charge >= 0.3 is 0 Å². The molecular weight excluding hydrogens is 274 g/mol. The van der Waals surface area contributed by atoms with Crippen LogP contribution in [-0.2, 0) is 13.5 Å². The minimum Gasteiger partial charge on any atom is -0.271 e. The second-order valence-electron chi connectivity index (χ2n) is 5.08. The van der Waals surface area contributed by atoms with Crippen molar-refractivity contribution in [1.82, 2.24) is 20.2 Å². The topological polar surface area (TPSA) is 68.8 Å². The number of halogens is 1. The molecule has 5 nitrogen and oxygen atoms in total. The first-order valence-electron chi connectivity index (χ1n) is 6.51. The van der Waals surface area contributed by atoms with E-state index in [1.807, 2.05) is 40.0 Å². The molecule has 0 aliphatic rings. The van der Waals surface area contributed by atoms with E-state index in [2.05, 4.69) is 15.5 Å². The highest BCUT2D eigenvalue weighted by atomic mass is 35.5. The average Bonchev–Trinajstić information content (AvgIpc) is 2.60. The third-order valence-electron chi connectivity index (χ3n) is 3.39. The second-order valence-corrected chi connectivity index (χ2v) is 5.44. The summed E-state index contributed by atoms with van der Waals surface area (Å²) < 4.78 is 1.68. The van der Waals surface area contributed by atoms with E-state index >= 15 is 0 Å². The van der Waals surface area contributed by atoms with Gasteiger partial charge in [0.1, 0.15) is 5.15 Å². The van der Waals surface area contributed by atoms with E-state index in [9.17, 15) is 0 Å². The third-order valence-corrected chi connectivity index (χ3v) is 3.86. The van der Waals surface area contributed by atoms with Crippen LogP contribution < -0.4 is 11.3 Å². The summed E-state index contributed by atoms with van der Waals surface area (Å²) in [5.74, 6) is 5.72. The summed E-state index contributed by atoms with van der Waals surface area (Å²) in [5.41, 5.74) is 7.88. The van der Waals surface area contributed by atoms with Crippen LogP contribution in [-0.4, -0.2) is 14.8 Å². The molecule has 1 atom stereocenters. The fraction of sp³-hybridized carbons (Fsp3) is 0.429. The first-order valence-corrected chi connectivity index (χ1v) is 6.89. The van der Waals surface area contributed by atoms with Crippen molar-refractivity contribution < 1.29 is 0 Å². The highest BCUT2D eigenvalue weighted by Crippen LogP contribution is 2.26. The van der Waals surface area contributed by atoms with Gasteiger partial charge in [-0.2, -0.15) is 5.10 Å². The maximum atomic E-state index is 6.28. The molecule has 2 aromatic heterocycles. The lowest BCUT2D eigenvalue weighted by molar-refractivity contribution is 0.549. The number of hydrogen-bond donors (Lipinski definition) is 2. The molecule has 0 aromatic carbocycles. The number of rotatable bonds is 4. The Kier molecular flexibility index (Phi) is 4.42. The molecule has 0 spiro atoms. The minimum atomic E-state index is -0.0178.